The molecule has 0 amide bonds. The summed E-state index contributed by atoms with van der Waals surface area (Å²) >= 11 is 0. The fourth-order valence-corrected chi connectivity index (χ4v) is 4.08. The standard InChI is InChI=1S/C25H22F3N5/c26-25(27,28)18-5-9-20(10-6-18)32-13-15-33(16-14-32)21-11-7-19(8-12-21)31-24-22-3-1-2-4-23(22)29-17-30-24/h1-12,17H,13-16H2,(H,29,30,31). The number of hydrogen-bond donors (Lipinski definition) is 1. The number of para-hydroxylation sites is 1. The second-order valence-electron chi connectivity index (χ2n) is 7.93. The van der Waals surface area contributed by atoms with Gasteiger partial charge in [-0.25, -0.2) is 9.97 Å². The first-order valence-electron chi connectivity index (χ1n) is 10.7. The third-order valence-electron chi connectivity index (χ3n) is 5.88. The highest BCUT2D eigenvalue weighted by Gasteiger charge is 2.30. The normalized spacial score (nSPS) is 14.5. The minimum atomic E-state index is -4.31. The summed E-state index contributed by atoms with van der Waals surface area (Å²) in [6.07, 6.45) is -2.76. The Kier molecular flexibility index (Phi) is 5.50. The third kappa shape index (κ3) is 4.55. The molecule has 1 saturated heterocycles. The molecule has 2 heterocycles. The van der Waals surface area contributed by atoms with Crippen LogP contribution in [0.4, 0.5) is 36.1 Å². The summed E-state index contributed by atoms with van der Waals surface area (Å²) < 4.78 is 38.4. The Labute approximate surface area is 189 Å². The number of nitrogens with zero attached hydrogens (tertiary/aromatic N) is 4. The van der Waals surface area contributed by atoms with Crippen molar-refractivity contribution in [3.05, 3.63) is 84.7 Å². The van der Waals surface area contributed by atoms with Gasteiger partial charge in [0.25, 0.3) is 0 Å². The van der Waals surface area contributed by atoms with Crippen LogP contribution in [0.2, 0.25) is 0 Å². The number of nitrogens with one attached hydrogen (secondary N) is 1. The van der Waals surface area contributed by atoms with E-state index in [0.717, 1.165) is 72.1 Å². The van der Waals surface area contributed by atoms with Gasteiger partial charge in [0, 0.05) is 48.6 Å². The number of alkyl halides is 3. The largest absolute Gasteiger partial charge is 0.416 e. The van der Waals surface area contributed by atoms with Crippen LogP contribution in [0.5, 0.6) is 0 Å². The molecule has 4 aromatic rings. The van der Waals surface area contributed by atoms with Gasteiger partial charge in [0.2, 0.25) is 0 Å². The van der Waals surface area contributed by atoms with Gasteiger partial charge >= 0.3 is 6.18 Å². The lowest BCUT2D eigenvalue weighted by Gasteiger charge is -2.37. The summed E-state index contributed by atoms with van der Waals surface area (Å²) in [6.45, 7) is 3.09. The van der Waals surface area contributed by atoms with E-state index in [1.807, 2.05) is 36.4 Å². The molecule has 1 aromatic heterocycles. The Bertz CT molecular complexity index is 1230. The molecule has 0 saturated carbocycles. The Morgan fingerprint density at radius 1 is 0.697 bits per heavy atom. The van der Waals surface area contributed by atoms with Crippen molar-refractivity contribution in [3.8, 4) is 0 Å². The lowest BCUT2D eigenvalue weighted by Crippen LogP contribution is -2.46. The second-order valence-corrected chi connectivity index (χ2v) is 7.93. The summed E-state index contributed by atoms with van der Waals surface area (Å²) in [4.78, 5) is 13.1. The van der Waals surface area contributed by atoms with Gasteiger partial charge in [0.15, 0.2) is 0 Å². The molecule has 0 atom stereocenters. The highest BCUT2D eigenvalue weighted by atomic mass is 19.4. The van der Waals surface area contributed by atoms with Crippen LogP contribution in [0.25, 0.3) is 10.9 Å². The maximum Gasteiger partial charge on any atom is 0.416 e. The minimum absolute atomic E-state index is 0.617. The molecule has 0 spiro atoms. The van der Waals surface area contributed by atoms with Gasteiger partial charge in [-0.15, -0.1) is 0 Å². The van der Waals surface area contributed by atoms with Crippen molar-refractivity contribution in [1.29, 1.82) is 0 Å². The van der Waals surface area contributed by atoms with Gasteiger partial charge in [0.1, 0.15) is 12.1 Å². The average Bonchev–Trinajstić information content (AvgIpc) is 2.84. The summed E-state index contributed by atoms with van der Waals surface area (Å²) in [5.41, 5.74) is 3.14. The van der Waals surface area contributed by atoms with Crippen LogP contribution in [0.15, 0.2) is 79.1 Å². The first-order chi connectivity index (χ1) is 16.0. The van der Waals surface area contributed by atoms with Gasteiger partial charge in [-0.2, -0.15) is 13.2 Å². The molecule has 168 valence electrons. The molecule has 0 radical (unpaired) electrons. The molecule has 1 N–H and O–H groups in total. The molecule has 5 nitrogen and oxygen atoms in total. The van der Waals surface area contributed by atoms with E-state index in [1.54, 1.807) is 18.5 Å². The van der Waals surface area contributed by atoms with Crippen molar-refractivity contribution in [2.24, 2.45) is 0 Å². The minimum Gasteiger partial charge on any atom is -0.368 e. The first-order valence-corrected chi connectivity index (χ1v) is 10.7. The van der Waals surface area contributed by atoms with Crippen molar-refractivity contribution in [3.63, 3.8) is 0 Å². The van der Waals surface area contributed by atoms with E-state index in [9.17, 15) is 13.2 Å². The SMILES string of the molecule is FC(F)(F)c1ccc(N2CCN(c3ccc(Nc4ncnc5ccccc45)cc3)CC2)cc1. The van der Waals surface area contributed by atoms with Crippen LogP contribution in [-0.2, 0) is 6.18 Å². The number of halogens is 3. The molecule has 1 aliphatic rings. The molecule has 5 rings (SSSR count). The predicted octanol–water partition coefficient (Wildman–Crippen LogP) is 5.72. The molecular formula is C25H22F3N5. The molecule has 0 aliphatic carbocycles. The van der Waals surface area contributed by atoms with E-state index < -0.39 is 11.7 Å². The number of rotatable bonds is 4. The quantitative estimate of drug-likeness (QED) is 0.432. The van der Waals surface area contributed by atoms with Crippen molar-refractivity contribution in [2.45, 2.75) is 6.18 Å². The summed E-state index contributed by atoms with van der Waals surface area (Å²) in [5, 5.41) is 4.32. The van der Waals surface area contributed by atoms with Crippen molar-refractivity contribution in [1.82, 2.24) is 9.97 Å². The Balaban J connectivity index is 1.22. The third-order valence-corrected chi connectivity index (χ3v) is 5.88. The van der Waals surface area contributed by atoms with Crippen LogP contribution in [0, 0.1) is 0 Å². The topological polar surface area (TPSA) is 44.3 Å². The van der Waals surface area contributed by atoms with Crippen LogP contribution >= 0.6 is 0 Å². The Hall–Kier alpha value is -3.81. The first kappa shape index (κ1) is 21.1. The number of benzene rings is 3. The van der Waals surface area contributed by atoms with Gasteiger partial charge in [-0.05, 0) is 60.7 Å². The van der Waals surface area contributed by atoms with Gasteiger partial charge in [-0.3, -0.25) is 0 Å². The molecule has 3 aromatic carbocycles. The number of anilines is 4. The molecule has 33 heavy (non-hydrogen) atoms. The van der Waals surface area contributed by atoms with Crippen LogP contribution < -0.4 is 15.1 Å². The zero-order valence-electron chi connectivity index (χ0n) is 17.8. The maximum atomic E-state index is 12.8. The molecule has 8 heteroatoms. The smallest absolute Gasteiger partial charge is 0.368 e. The Morgan fingerprint density at radius 3 is 1.88 bits per heavy atom. The molecule has 0 unspecified atom stereocenters. The summed E-state index contributed by atoms with van der Waals surface area (Å²) in [6, 6.07) is 21.4. The number of aromatic nitrogens is 2. The number of fused-ring (bicyclic) bond motifs is 1. The molecular weight excluding hydrogens is 427 g/mol. The fraction of sp³-hybridized carbons (Fsp3) is 0.200. The van der Waals surface area contributed by atoms with Crippen LogP contribution in [0.1, 0.15) is 5.56 Å². The predicted molar refractivity (Wildman–Crippen MR) is 125 cm³/mol. The van der Waals surface area contributed by atoms with E-state index in [1.165, 1.54) is 0 Å². The van der Waals surface area contributed by atoms with E-state index in [-0.39, 0.29) is 0 Å². The zero-order valence-corrected chi connectivity index (χ0v) is 17.8. The Morgan fingerprint density at radius 2 is 1.27 bits per heavy atom. The van der Waals surface area contributed by atoms with Crippen molar-refractivity contribution in [2.75, 3.05) is 41.3 Å². The average molecular weight is 449 g/mol. The van der Waals surface area contributed by atoms with Gasteiger partial charge < -0.3 is 15.1 Å². The van der Waals surface area contributed by atoms with E-state index in [4.69, 9.17) is 0 Å². The molecule has 0 bridgehead atoms. The van der Waals surface area contributed by atoms with E-state index in [2.05, 4.69) is 37.2 Å². The second kappa shape index (κ2) is 8.61. The van der Waals surface area contributed by atoms with Crippen LogP contribution in [-0.4, -0.2) is 36.1 Å². The fourth-order valence-electron chi connectivity index (χ4n) is 4.08. The highest BCUT2D eigenvalue weighted by Crippen LogP contribution is 2.31. The molecule has 1 aliphatic heterocycles. The lowest BCUT2D eigenvalue weighted by atomic mass is 10.1. The molecule has 1 fully saturated rings. The number of hydrogen-bond acceptors (Lipinski definition) is 5. The van der Waals surface area contributed by atoms with Gasteiger partial charge in [-0.1, -0.05) is 12.1 Å². The van der Waals surface area contributed by atoms with Crippen molar-refractivity contribution >= 4 is 33.8 Å². The van der Waals surface area contributed by atoms with E-state index in [0.29, 0.717) is 0 Å². The maximum absolute atomic E-state index is 12.8. The zero-order chi connectivity index (χ0) is 22.8. The van der Waals surface area contributed by atoms with E-state index >= 15 is 0 Å². The summed E-state index contributed by atoms with van der Waals surface area (Å²) in [5.74, 6) is 0.763. The van der Waals surface area contributed by atoms with Crippen molar-refractivity contribution < 1.29 is 13.2 Å². The van der Waals surface area contributed by atoms with Gasteiger partial charge in [0.05, 0.1) is 11.1 Å². The number of piperazine rings is 1. The lowest BCUT2D eigenvalue weighted by molar-refractivity contribution is -0.137. The highest BCUT2D eigenvalue weighted by molar-refractivity contribution is 5.90. The van der Waals surface area contributed by atoms with Crippen LogP contribution in [0.3, 0.4) is 0 Å². The summed E-state index contributed by atoms with van der Waals surface area (Å²) in [7, 11) is 0. The monoisotopic (exact) mass is 449 g/mol.